The van der Waals surface area contributed by atoms with Gasteiger partial charge in [-0.15, -0.1) is 0 Å². The Bertz CT molecular complexity index is 1260. The average molecular weight is 456 g/mol. The zero-order chi connectivity index (χ0) is 23.9. The summed E-state index contributed by atoms with van der Waals surface area (Å²) < 4.78 is 10.9. The number of fused-ring (bicyclic) bond motifs is 1. The largest absolute Gasteiger partial charge is 0.454 e. The molecule has 5 nitrogen and oxygen atoms in total. The van der Waals surface area contributed by atoms with E-state index in [1.54, 1.807) is 0 Å². The second-order valence-electron chi connectivity index (χ2n) is 9.60. The third kappa shape index (κ3) is 4.18. The summed E-state index contributed by atoms with van der Waals surface area (Å²) in [5, 5.41) is 2.92. The lowest BCUT2D eigenvalue weighted by Crippen LogP contribution is -2.29. The second-order valence-corrected chi connectivity index (χ2v) is 9.60. The molecule has 0 radical (unpaired) electrons. The minimum Gasteiger partial charge on any atom is -0.454 e. The van der Waals surface area contributed by atoms with Crippen molar-refractivity contribution in [2.24, 2.45) is 0 Å². The Balaban J connectivity index is 1.35. The Morgan fingerprint density at radius 3 is 2.38 bits per heavy atom. The maximum Gasteiger partial charge on any atom is 0.251 e. The molecule has 0 saturated heterocycles. The molecule has 1 heterocycles. The molecule has 0 atom stereocenters. The first-order valence-electron chi connectivity index (χ1n) is 11.8. The van der Waals surface area contributed by atoms with Crippen LogP contribution in [0.1, 0.15) is 53.7 Å². The fourth-order valence-electron chi connectivity index (χ4n) is 4.64. The summed E-state index contributed by atoms with van der Waals surface area (Å²) in [6, 6.07) is 19.8. The predicted molar refractivity (Wildman–Crippen MR) is 131 cm³/mol. The standard InChI is InChI=1S/C29H29NO4/c1-18(2)30-28(32)22-8-6-21(7-9-22)24-14-20(5-4-19(24)3)15-27(31)29(12-13-29)23-10-11-25-26(16-23)34-17-33-25/h4-11,14,16,18H,12-13,15,17H2,1-3H3,(H,30,32). The molecular weight excluding hydrogens is 426 g/mol. The number of benzene rings is 3. The fraction of sp³-hybridized carbons (Fsp3) is 0.310. The third-order valence-electron chi connectivity index (χ3n) is 6.75. The van der Waals surface area contributed by atoms with Crippen LogP contribution in [0.2, 0.25) is 0 Å². The van der Waals surface area contributed by atoms with Crippen LogP contribution in [-0.2, 0) is 16.6 Å². The normalized spacial score (nSPS) is 15.3. The fourth-order valence-corrected chi connectivity index (χ4v) is 4.64. The number of rotatable bonds is 7. The number of aryl methyl sites for hydroxylation is 1. The predicted octanol–water partition coefficient (Wildman–Crippen LogP) is 5.37. The molecule has 1 aliphatic carbocycles. The Labute approximate surface area is 200 Å². The Morgan fingerprint density at radius 2 is 1.68 bits per heavy atom. The van der Waals surface area contributed by atoms with E-state index >= 15 is 0 Å². The zero-order valence-corrected chi connectivity index (χ0v) is 19.8. The van der Waals surface area contributed by atoms with E-state index in [1.807, 2.05) is 62.4 Å². The van der Waals surface area contributed by atoms with Crippen LogP contribution in [0.5, 0.6) is 11.5 Å². The van der Waals surface area contributed by atoms with Gasteiger partial charge in [0.05, 0.1) is 5.41 Å². The number of hydrogen-bond donors (Lipinski definition) is 1. The van der Waals surface area contributed by atoms with Crippen molar-refractivity contribution in [3.63, 3.8) is 0 Å². The number of carbonyl (C=O) groups excluding carboxylic acids is 2. The summed E-state index contributed by atoms with van der Waals surface area (Å²) in [5.41, 5.74) is 5.48. The zero-order valence-electron chi connectivity index (χ0n) is 19.8. The quantitative estimate of drug-likeness (QED) is 0.520. The van der Waals surface area contributed by atoms with Crippen molar-refractivity contribution in [1.29, 1.82) is 0 Å². The van der Waals surface area contributed by atoms with E-state index in [4.69, 9.17) is 9.47 Å². The maximum absolute atomic E-state index is 13.4. The van der Waals surface area contributed by atoms with Gasteiger partial charge in [0.15, 0.2) is 11.5 Å². The molecule has 174 valence electrons. The molecular formula is C29H29NO4. The molecule has 1 amide bonds. The molecule has 3 aromatic carbocycles. The van der Waals surface area contributed by atoms with Crippen LogP contribution in [0.4, 0.5) is 0 Å². The highest BCUT2D eigenvalue weighted by Crippen LogP contribution is 2.51. The van der Waals surface area contributed by atoms with E-state index in [-0.39, 0.29) is 24.5 Å². The summed E-state index contributed by atoms with van der Waals surface area (Å²) in [4.78, 5) is 25.7. The van der Waals surface area contributed by atoms with Crippen molar-refractivity contribution in [3.05, 3.63) is 82.9 Å². The Morgan fingerprint density at radius 1 is 0.941 bits per heavy atom. The summed E-state index contributed by atoms with van der Waals surface area (Å²) >= 11 is 0. The van der Waals surface area contributed by atoms with Crippen LogP contribution < -0.4 is 14.8 Å². The van der Waals surface area contributed by atoms with Crippen molar-refractivity contribution >= 4 is 11.7 Å². The molecule has 1 N–H and O–H groups in total. The van der Waals surface area contributed by atoms with Crippen LogP contribution in [0.3, 0.4) is 0 Å². The van der Waals surface area contributed by atoms with Gasteiger partial charge in [-0.05, 0) is 85.7 Å². The van der Waals surface area contributed by atoms with Crippen LogP contribution in [0.15, 0.2) is 60.7 Å². The van der Waals surface area contributed by atoms with Crippen molar-refractivity contribution in [2.45, 2.75) is 51.5 Å². The Kier molecular flexibility index (Phi) is 5.64. The van der Waals surface area contributed by atoms with E-state index in [0.717, 1.165) is 52.2 Å². The van der Waals surface area contributed by atoms with Gasteiger partial charge in [-0.1, -0.05) is 36.4 Å². The summed E-state index contributed by atoms with van der Waals surface area (Å²) in [6.45, 7) is 6.19. The molecule has 5 heteroatoms. The number of nitrogens with one attached hydrogen (secondary N) is 1. The first-order valence-corrected chi connectivity index (χ1v) is 11.8. The highest BCUT2D eigenvalue weighted by Gasteiger charge is 2.50. The first-order chi connectivity index (χ1) is 16.4. The summed E-state index contributed by atoms with van der Waals surface area (Å²) in [6.07, 6.45) is 2.12. The second kappa shape index (κ2) is 8.64. The van der Waals surface area contributed by atoms with E-state index in [0.29, 0.717) is 12.0 Å². The van der Waals surface area contributed by atoms with Gasteiger partial charge < -0.3 is 14.8 Å². The number of ether oxygens (including phenoxy) is 2. The lowest BCUT2D eigenvalue weighted by Gasteiger charge is -2.16. The van der Waals surface area contributed by atoms with Crippen molar-refractivity contribution in [1.82, 2.24) is 5.32 Å². The van der Waals surface area contributed by atoms with Gasteiger partial charge in [-0.2, -0.15) is 0 Å². The average Bonchev–Trinajstić information content (AvgIpc) is 3.51. The highest BCUT2D eigenvalue weighted by molar-refractivity contribution is 5.96. The van der Waals surface area contributed by atoms with E-state index in [2.05, 4.69) is 24.4 Å². The molecule has 1 fully saturated rings. The molecule has 0 unspecified atom stereocenters. The van der Waals surface area contributed by atoms with E-state index in [1.165, 1.54) is 0 Å². The number of ketones is 1. The van der Waals surface area contributed by atoms with Gasteiger partial charge in [0.1, 0.15) is 5.78 Å². The SMILES string of the molecule is Cc1ccc(CC(=O)C2(c3ccc4c(c3)OCO4)CC2)cc1-c1ccc(C(=O)NC(C)C)cc1. The van der Waals surface area contributed by atoms with Gasteiger partial charge in [-0.25, -0.2) is 0 Å². The van der Waals surface area contributed by atoms with Gasteiger partial charge in [0.2, 0.25) is 6.79 Å². The minimum absolute atomic E-state index is 0.0733. The van der Waals surface area contributed by atoms with E-state index < -0.39 is 5.41 Å². The minimum atomic E-state index is -0.419. The number of amides is 1. The van der Waals surface area contributed by atoms with Gasteiger partial charge in [0.25, 0.3) is 5.91 Å². The Hall–Kier alpha value is -3.60. The van der Waals surface area contributed by atoms with Crippen LogP contribution in [0, 0.1) is 6.92 Å². The number of Topliss-reactive ketones (excluding diaryl/α,β-unsaturated/α-hetero) is 1. The molecule has 5 rings (SSSR count). The molecule has 0 bridgehead atoms. The lowest BCUT2D eigenvalue weighted by atomic mass is 9.87. The smallest absolute Gasteiger partial charge is 0.251 e. The molecule has 1 aliphatic heterocycles. The number of carbonyl (C=O) groups is 2. The molecule has 34 heavy (non-hydrogen) atoms. The molecule has 0 aromatic heterocycles. The first kappa shape index (κ1) is 22.2. The molecule has 3 aromatic rings. The van der Waals surface area contributed by atoms with Crippen LogP contribution in [0.25, 0.3) is 11.1 Å². The van der Waals surface area contributed by atoms with Gasteiger partial charge in [0, 0.05) is 18.0 Å². The van der Waals surface area contributed by atoms with Gasteiger partial charge in [-0.3, -0.25) is 9.59 Å². The monoisotopic (exact) mass is 455 g/mol. The molecule has 0 spiro atoms. The van der Waals surface area contributed by atoms with Crippen LogP contribution >= 0.6 is 0 Å². The lowest BCUT2D eigenvalue weighted by molar-refractivity contribution is -0.120. The maximum atomic E-state index is 13.4. The van der Waals surface area contributed by atoms with Crippen LogP contribution in [-0.4, -0.2) is 24.5 Å². The van der Waals surface area contributed by atoms with Gasteiger partial charge >= 0.3 is 0 Å². The van der Waals surface area contributed by atoms with Crippen molar-refractivity contribution < 1.29 is 19.1 Å². The third-order valence-corrected chi connectivity index (χ3v) is 6.75. The topological polar surface area (TPSA) is 64.6 Å². The number of hydrogen-bond acceptors (Lipinski definition) is 4. The summed E-state index contributed by atoms with van der Waals surface area (Å²) in [5.74, 6) is 1.63. The molecule has 1 saturated carbocycles. The summed E-state index contributed by atoms with van der Waals surface area (Å²) in [7, 11) is 0. The van der Waals surface area contributed by atoms with Crippen molar-refractivity contribution in [2.75, 3.05) is 6.79 Å². The molecule has 2 aliphatic rings. The highest BCUT2D eigenvalue weighted by atomic mass is 16.7. The van der Waals surface area contributed by atoms with Crippen molar-refractivity contribution in [3.8, 4) is 22.6 Å². The van der Waals surface area contributed by atoms with E-state index in [9.17, 15) is 9.59 Å².